The van der Waals surface area contributed by atoms with E-state index in [-0.39, 0.29) is 12.4 Å². The maximum Gasteiger partial charge on any atom is 0.251 e. The van der Waals surface area contributed by atoms with Crippen LogP contribution >= 0.6 is 23.7 Å². The Morgan fingerprint density at radius 2 is 2.31 bits per heavy atom. The second-order valence-corrected chi connectivity index (χ2v) is 3.28. The molecule has 0 aliphatic heterocycles. The van der Waals surface area contributed by atoms with Crippen molar-refractivity contribution >= 4 is 39.9 Å². The normalized spacial score (nSPS) is 9.54. The van der Waals surface area contributed by atoms with Crippen LogP contribution in [0.4, 0.5) is 0 Å². The predicted molar refractivity (Wildman–Crippen MR) is 55.4 cm³/mol. The van der Waals surface area contributed by atoms with Gasteiger partial charge in [0.1, 0.15) is 0 Å². The van der Waals surface area contributed by atoms with Crippen LogP contribution in [-0.2, 0) is 0 Å². The molecule has 0 fully saturated rings. The Hall–Kier alpha value is -1.13. The number of aromatic nitrogens is 1. The van der Waals surface area contributed by atoms with Gasteiger partial charge >= 0.3 is 0 Å². The smallest absolute Gasteiger partial charge is 0.251 e. The van der Waals surface area contributed by atoms with Gasteiger partial charge in [0.2, 0.25) is 0 Å². The second kappa shape index (κ2) is 3.72. The van der Waals surface area contributed by atoms with Crippen LogP contribution < -0.4 is 5.73 Å². The number of hydrogen-bond acceptors (Lipinski definition) is 3. The molecule has 0 saturated heterocycles. The van der Waals surface area contributed by atoms with Crippen molar-refractivity contribution in [2.45, 2.75) is 0 Å². The average Bonchev–Trinajstić information content (AvgIpc) is 2.47. The molecule has 3 nitrogen and oxygen atoms in total. The molecular weight excluding hydrogens is 208 g/mol. The van der Waals surface area contributed by atoms with Crippen molar-refractivity contribution in [1.82, 2.24) is 4.98 Å². The molecule has 0 radical (unpaired) electrons. The highest BCUT2D eigenvalue weighted by molar-refractivity contribution is 7.17. The van der Waals surface area contributed by atoms with Crippen molar-refractivity contribution in [2.75, 3.05) is 0 Å². The van der Waals surface area contributed by atoms with E-state index in [9.17, 15) is 4.79 Å². The first-order valence-electron chi connectivity index (χ1n) is 3.41. The van der Waals surface area contributed by atoms with E-state index in [1.54, 1.807) is 11.6 Å². The maximum atomic E-state index is 10.9. The Kier molecular flexibility index (Phi) is 2.85. The molecule has 68 valence electrons. The first-order valence-corrected chi connectivity index (χ1v) is 4.29. The van der Waals surface area contributed by atoms with Gasteiger partial charge < -0.3 is 5.73 Å². The zero-order chi connectivity index (χ0) is 8.55. The minimum Gasteiger partial charge on any atom is -0.366 e. The molecule has 2 rings (SSSR count). The van der Waals surface area contributed by atoms with Crippen LogP contribution in [-0.4, -0.2) is 10.9 Å². The molecule has 0 aliphatic rings. The molecule has 0 unspecified atom stereocenters. The number of nitrogens with zero attached hydrogens (tertiary/aromatic N) is 1. The molecule has 5 heteroatoms. The van der Waals surface area contributed by atoms with Gasteiger partial charge in [0.05, 0.1) is 15.8 Å². The lowest BCUT2D eigenvalue weighted by Crippen LogP contribution is -2.10. The maximum absolute atomic E-state index is 10.9. The molecular formula is C8H7ClN2OS. The third kappa shape index (κ3) is 1.64. The molecule has 0 aromatic carbocycles. The zero-order valence-electron chi connectivity index (χ0n) is 6.56. The first kappa shape index (κ1) is 9.95. The van der Waals surface area contributed by atoms with Gasteiger partial charge in [-0.3, -0.25) is 9.78 Å². The Bertz CT molecular complexity index is 440. The highest BCUT2D eigenvalue weighted by Crippen LogP contribution is 2.22. The van der Waals surface area contributed by atoms with Gasteiger partial charge in [-0.1, -0.05) is 0 Å². The van der Waals surface area contributed by atoms with Crippen LogP contribution in [0.5, 0.6) is 0 Å². The summed E-state index contributed by atoms with van der Waals surface area (Å²) in [6.07, 6.45) is 1.65. The number of halogens is 1. The van der Waals surface area contributed by atoms with Crippen LogP contribution in [0.1, 0.15) is 10.4 Å². The van der Waals surface area contributed by atoms with Gasteiger partial charge in [0.25, 0.3) is 5.91 Å². The number of primary amides is 1. The van der Waals surface area contributed by atoms with Gasteiger partial charge in [-0.05, 0) is 12.1 Å². The first-order chi connectivity index (χ1) is 5.79. The minimum absolute atomic E-state index is 0. The molecule has 0 bridgehead atoms. The summed E-state index contributed by atoms with van der Waals surface area (Å²) in [6.45, 7) is 0. The highest BCUT2D eigenvalue weighted by Gasteiger charge is 2.08. The lowest BCUT2D eigenvalue weighted by molar-refractivity contribution is 0.100. The standard InChI is InChI=1S/C8H6N2OS.ClH/c9-8(11)5-4-12-6-2-1-3-10-7(5)6;/h1-4H,(H2,9,11);1H. The molecule has 1 amide bonds. The fraction of sp³-hybridized carbons (Fsp3) is 0. The Morgan fingerprint density at radius 3 is 3.00 bits per heavy atom. The van der Waals surface area contributed by atoms with E-state index >= 15 is 0 Å². The van der Waals surface area contributed by atoms with Crippen molar-refractivity contribution in [3.05, 3.63) is 29.3 Å². The van der Waals surface area contributed by atoms with Crippen LogP contribution in [0.3, 0.4) is 0 Å². The summed E-state index contributed by atoms with van der Waals surface area (Å²) in [5.74, 6) is -0.417. The number of carbonyl (C=O) groups excluding carboxylic acids is 1. The highest BCUT2D eigenvalue weighted by atomic mass is 35.5. The van der Waals surface area contributed by atoms with E-state index in [4.69, 9.17) is 5.73 Å². The largest absolute Gasteiger partial charge is 0.366 e. The number of nitrogens with two attached hydrogens (primary N) is 1. The van der Waals surface area contributed by atoms with Gasteiger partial charge in [-0.15, -0.1) is 23.7 Å². The van der Waals surface area contributed by atoms with Crippen molar-refractivity contribution in [2.24, 2.45) is 5.73 Å². The quantitative estimate of drug-likeness (QED) is 0.787. The van der Waals surface area contributed by atoms with Crippen molar-refractivity contribution < 1.29 is 4.79 Å². The summed E-state index contributed by atoms with van der Waals surface area (Å²) in [7, 11) is 0. The molecule has 2 aromatic rings. The predicted octanol–water partition coefficient (Wildman–Crippen LogP) is 1.82. The summed E-state index contributed by atoms with van der Waals surface area (Å²) in [5, 5.41) is 1.74. The number of rotatable bonds is 1. The fourth-order valence-corrected chi connectivity index (χ4v) is 1.94. The van der Waals surface area contributed by atoms with Crippen molar-refractivity contribution in [1.29, 1.82) is 0 Å². The van der Waals surface area contributed by atoms with Crippen LogP contribution in [0, 0.1) is 0 Å². The van der Waals surface area contributed by atoms with E-state index in [1.807, 2.05) is 12.1 Å². The number of thiophene rings is 1. The molecule has 2 N–H and O–H groups in total. The van der Waals surface area contributed by atoms with Gasteiger partial charge in [0.15, 0.2) is 0 Å². The van der Waals surface area contributed by atoms with Gasteiger partial charge in [-0.2, -0.15) is 0 Å². The third-order valence-corrected chi connectivity index (χ3v) is 2.53. The molecule has 0 saturated carbocycles. The summed E-state index contributed by atoms with van der Waals surface area (Å²) in [5.41, 5.74) is 6.37. The molecule has 0 atom stereocenters. The van der Waals surface area contributed by atoms with E-state index < -0.39 is 5.91 Å². The Morgan fingerprint density at radius 1 is 1.54 bits per heavy atom. The van der Waals surface area contributed by atoms with E-state index in [0.29, 0.717) is 11.1 Å². The number of carbonyl (C=O) groups is 1. The Balaban J connectivity index is 0.000000845. The van der Waals surface area contributed by atoms with E-state index in [2.05, 4.69) is 4.98 Å². The minimum atomic E-state index is -0.417. The molecule has 13 heavy (non-hydrogen) atoms. The molecule has 0 aliphatic carbocycles. The summed E-state index contributed by atoms with van der Waals surface area (Å²) >= 11 is 1.48. The van der Waals surface area contributed by atoms with Crippen LogP contribution in [0.2, 0.25) is 0 Å². The molecule has 2 aromatic heterocycles. The summed E-state index contributed by atoms with van der Waals surface area (Å²) < 4.78 is 0.992. The summed E-state index contributed by atoms with van der Waals surface area (Å²) in [4.78, 5) is 14.9. The lowest BCUT2D eigenvalue weighted by atomic mass is 10.2. The van der Waals surface area contributed by atoms with Gasteiger partial charge in [-0.25, -0.2) is 0 Å². The van der Waals surface area contributed by atoms with E-state index in [0.717, 1.165) is 4.70 Å². The van der Waals surface area contributed by atoms with Crippen molar-refractivity contribution in [3.63, 3.8) is 0 Å². The van der Waals surface area contributed by atoms with Crippen LogP contribution in [0.15, 0.2) is 23.7 Å². The Labute approximate surface area is 85.0 Å². The number of pyridine rings is 1. The fourth-order valence-electron chi connectivity index (χ4n) is 1.04. The number of fused-ring (bicyclic) bond motifs is 1. The topological polar surface area (TPSA) is 56.0 Å². The average molecular weight is 215 g/mol. The molecule has 0 spiro atoms. The SMILES string of the molecule is Cl.NC(=O)c1csc2cccnc12. The summed E-state index contributed by atoms with van der Waals surface area (Å²) in [6, 6.07) is 3.75. The number of amides is 1. The lowest BCUT2D eigenvalue weighted by Gasteiger charge is -1.89. The third-order valence-electron chi connectivity index (χ3n) is 1.60. The molecule has 2 heterocycles. The van der Waals surface area contributed by atoms with Crippen molar-refractivity contribution in [3.8, 4) is 0 Å². The van der Waals surface area contributed by atoms with Crippen LogP contribution in [0.25, 0.3) is 10.2 Å². The van der Waals surface area contributed by atoms with E-state index in [1.165, 1.54) is 11.3 Å². The number of hydrogen-bond donors (Lipinski definition) is 1. The zero-order valence-corrected chi connectivity index (χ0v) is 8.19. The monoisotopic (exact) mass is 214 g/mol. The van der Waals surface area contributed by atoms with Gasteiger partial charge in [0, 0.05) is 11.6 Å². The second-order valence-electron chi connectivity index (χ2n) is 2.36.